The summed E-state index contributed by atoms with van der Waals surface area (Å²) < 4.78 is 11.5. The Morgan fingerprint density at radius 3 is 1.09 bits per heavy atom. The number of carbonyl (C=O) groups is 2. The van der Waals surface area contributed by atoms with Crippen molar-refractivity contribution >= 4 is 11.9 Å². The zero-order valence-electron chi connectivity index (χ0n) is 24.1. The predicted octanol–water partition coefficient (Wildman–Crippen LogP) is 7.99. The van der Waals surface area contributed by atoms with Crippen LogP contribution in [0.5, 0.6) is 0 Å². The number of ether oxygens (including phenoxy) is 2. The van der Waals surface area contributed by atoms with Crippen molar-refractivity contribution in [3.63, 3.8) is 0 Å². The molecule has 0 amide bonds. The van der Waals surface area contributed by atoms with Gasteiger partial charge in [-0.15, -0.1) is 0 Å². The summed E-state index contributed by atoms with van der Waals surface area (Å²) in [7, 11) is 4.17. The fourth-order valence-corrected chi connectivity index (χ4v) is 4.23. The molecule has 0 radical (unpaired) electrons. The minimum absolute atomic E-state index is 0.0830. The van der Waals surface area contributed by atoms with Crippen molar-refractivity contribution in [1.82, 2.24) is 0 Å². The van der Waals surface area contributed by atoms with Crippen LogP contribution >= 0.6 is 0 Å². The van der Waals surface area contributed by atoms with Gasteiger partial charge in [0.15, 0.2) is 0 Å². The molecule has 0 unspecified atom stereocenters. The SMILES string of the molecule is CCCCCCCCCCCC(=O)OCC[N+](C)(C)CCOC(=O)CCCCCCCCCCC. The molecule has 0 aliphatic rings. The Morgan fingerprint density at radius 1 is 0.486 bits per heavy atom. The van der Waals surface area contributed by atoms with Gasteiger partial charge < -0.3 is 14.0 Å². The summed E-state index contributed by atoms with van der Waals surface area (Å²) in [6.07, 6.45) is 23.5. The van der Waals surface area contributed by atoms with E-state index in [1.54, 1.807) is 0 Å². The molecule has 0 heterocycles. The van der Waals surface area contributed by atoms with Crippen LogP contribution in [-0.2, 0) is 19.1 Å². The second-order valence-electron chi connectivity index (χ2n) is 11.0. The summed E-state index contributed by atoms with van der Waals surface area (Å²) >= 11 is 0. The van der Waals surface area contributed by atoms with E-state index in [0.29, 0.717) is 30.5 Å². The van der Waals surface area contributed by atoms with Gasteiger partial charge in [0.25, 0.3) is 0 Å². The van der Waals surface area contributed by atoms with Crippen LogP contribution in [0.15, 0.2) is 0 Å². The minimum Gasteiger partial charge on any atom is -0.460 e. The Balaban J connectivity index is 3.57. The lowest BCUT2D eigenvalue weighted by Crippen LogP contribution is -2.45. The lowest BCUT2D eigenvalue weighted by molar-refractivity contribution is -0.890. The van der Waals surface area contributed by atoms with Gasteiger partial charge in [0.05, 0.1) is 14.1 Å². The lowest BCUT2D eigenvalue weighted by atomic mass is 10.1. The quantitative estimate of drug-likeness (QED) is 0.0689. The van der Waals surface area contributed by atoms with E-state index in [1.807, 2.05) is 0 Å². The molecule has 35 heavy (non-hydrogen) atoms. The summed E-state index contributed by atoms with van der Waals surface area (Å²) in [5.74, 6) is -0.166. The van der Waals surface area contributed by atoms with Crippen molar-refractivity contribution in [2.45, 2.75) is 142 Å². The maximum atomic E-state index is 12.0. The van der Waals surface area contributed by atoms with Crippen molar-refractivity contribution in [2.75, 3.05) is 40.4 Å². The van der Waals surface area contributed by atoms with Gasteiger partial charge in [0, 0.05) is 12.8 Å². The van der Waals surface area contributed by atoms with Gasteiger partial charge in [-0.1, -0.05) is 117 Å². The molecule has 0 N–H and O–H groups in total. The summed E-state index contributed by atoms with van der Waals surface area (Å²) in [6.45, 7) is 6.82. The zero-order chi connectivity index (χ0) is 26.0. The first-order valence-corrected chi connectivity index (χ1v) is 15.0. The Bertz CT molecular complexity index is 451. The van der Waals surface area contributed by atoms with Crippen LogP contribution in [0, 0.1) is 0 Å². The number of rotatable bonds is 26. The molecule has 0 spiro atoms. The highest BCUT2D eigenvalue weighted by Gasteiger charge is 2.17. The smallest absolute Gasteiger partial charge is 0.305 e. The van der Waals surface area contributed by atoms with Crippen LogP contribution in [0.1, 0.15) is 142 Å². The molecule has 0 aromatic carbocycles. The fourth-order valence-electron chi connectivity index (χ4n) is 4.23. The third kappa shape index (κ3) is 25.8. The van der Waals surface area contributed by atoms with E-state index in [9.17, 15) is 9.59 Å². The van der Waals surface area contributed by atoms with Crippen molar-refractivity contribution in [2.24, 2.45) is 0 Å². The number of likely N-dealkylation sites (N-methyl/N-ethyl adjacent to an activating group) is 1. The Labute approximate surface area is 218 Å². The molecule has 0 saturated heterocycles. The molecule has 0 bridgehead atoms. The highest BCUT2D eigenvalue weighted by Crippen LogP contribution is 2.12. The molecule has 0 saturated carbocycles. The number of unbranched alkanes of at least 4 members (excludes halogenated alkanes) is 16. The third-order valence-corrected chi connectivity index (χ3v) is 6.89. The van der Waals surface area contributed by atoms with Gasteiger partial charge in [-0.25, -0.2) is 0 Å². The third-order valence-electron chi connectivity index (χ3n) is 6.89. The lowest BCUT2D eigenvalue weighted by Gasteiger charge is -2.29. The second kappa shape index (κ2) is 24.6. The molecule has 208 valence electrons. The van der Waals surface area contributed by atoms with Crippen LogP contribution in [-0.4, -0.2) is 56.8 Å². The van der Waals surface area contributed by atoms with E-state index >= 15 is 0 Å². The Morgan fingerprint density at radius 2 is 0.771 bits per heavy atom. The monoisotopic (exact) mass is 498 g/mol. The summed E-state index contributed by atoms with van der Waals surface area (Å²) in [5, 5.41) is 0. The summed E-state index contributed by atoms with van der Waals surface area (Å²) in [6, 6.07) is 0. The largest absolute Gasteiger partial charge is 0.460 e. The molecule has 0 aromatic rings. The number of quaternary nitrogens is 1. The molecule has 0 aliphatic heterocycles. The molecule has 0 aromatic heterocycles. The van der Waals surface area contributed by atoms with Crippen molar-refractivity contribution in [3.05, 3.63) is 0 Å². The van der Waals surface area contributed by atoms with Gasteiger partial charge in [-0.2, -0.15) is 0 Å². The highest BCUT2D eigenvalue weighted by atomic mass is 16.5. The molecule has 0 fully saturated rings. The number of carbonyl (C=O) groups excluding carboxylic acids is 2. The van der Waals surface area contributed by atoms with E-state index in [4.69, 9.17) is 9.47 Å². The van der Waals surface area contributed by atoms with E-state index in [0.717, 1.165) is 38.8 Å². The maximum Gasteiger partial charge on any atom is 0.305 e. The molecule has 5 heteroatoms. The maximum absolute atomic E-state index is 12.0. The van der Waals surface area contributed by atoms with Crippen LogP contribution in [0.4, 0.5) is 0 Å². The van der Waals surface area contributed by atoms with Crippen molar-refractivity contribution < 1.29 is 23.5 Å². The average Bonchev–Trinajstić information content (AvgIpc) is 2.81. The zero-order valence-corrected chi connectivity index (χ0v) is 24.1. The molecule has 0 aliphatic carbocycles. The van der Waals surface area contributed by atoms with Crippen LogP contribution in [0.2, 0.25) is 0 Å². The van der Waals surface area contributed by atoms with Gasteiger partial charge in [0.2, 0.25) is 0 Å². The minimum atomic E-state index is -0.0830. The summed E-state index contributed by atoms with van der Waals surface area (Å²) in [5.41, 5.74) is 0. The van der Waals surface area contributed by atoms with Crippen molar-refractivity contribution in [3.8, 4) is 0 Å². The van der Waals surface area contributed by atoms with Gasteiger partial charge in [-0.3, -0.25) is 9.59 Å². The van der Waals surface area contributed by atoms with Crippen LogP contribution < -0.4 is 0 Å². The van der Waals surface area contributed by atoms with Gasteiger partial charge >= 0.3 is 11.9 Å². The number of hydrogen-bond donors (Lipinski definition) is 0. The highest BCUT2D eigenvalue weighted by molar-refractivity contribution is 5.69. The first kappa shape index (κ1) is 33.9. The first-order valence-electron chi connectivity index (χ1n) is 15.0. The topological polar surface area (TPSA) is 52.6 Å². The first-order chi connectivity index (χ1) is 16.9. The molecule has 5 nitrogen and oxygen atoms in total. The number of hydrogen-bond acceptors (Lipinski definition) is 4. The van der Waals surface area contributed by atoms with Gasteiger partial charge in [-0.05, 0) is 12.8 Å². The molecular formula is C30H60NO4+. The molecule has 0 rings (SSSR count). The van der Waals surface area contributed by atoms with E-state index in [-0.39, 0.29) is 11.9 Å². The van der Waals surface area contributed by atoms with Crippen LogP contribution in [0.3, 0.4) is 0 Å². The van der Waals surface area contributed by atoms with E-state index < -0.39 is 0 Å². The van der Waals surface area contributed by atoms with Gasteiger partial charge in [0.1, 0.15) is 26.3 Å². The Hall–Kier alpha value is -1.10. The normalized spacial score (nSPS) is 11.5. The molecular weight excluding hydrogens is 438 g/mol. The summed E-state index contributed by atoms with van der Waals surface area (Å²) in [4.78, 5) is 23.9. The van der Waals surface area contributed by atoms with E-state index in [2.05, 4.69) is 27.9 Å². The average molecular weight is 499 g/mol. The van der Waals surface area contributed by atoms with E-state index in [1.165, 1.54) is 89.9 Å². The fraction of sp³-hybridized carbons (Fsp3) is 0.933. The van der Waals surface area contributed by atoms with Crippen molar-refractivity contribution in [1.29, 1.82) is 0 Å². The predicted molar refractivity (Wildman–Crippen MR) is 147 cm³/mol. The number of esters is 2. The second-order valence-corrected chi connectivity index (χ2v) is 11.0. The standard InChI is InChI=1S/C30H60NO4/c1-5-7-9-11-13-15-17-19-21-23-29(32)34-27-25-31(3,4)26-28-35-30(33)24-22-20-18-16-14-12-10-8-6-2/h5-28H2,1-4H3/q+1. The van der Waals surface area contributed by atoms with Crippen LogP contribution in [0.25, 0.3) is 0 Å². The Kier molecular flexibility index (Phi) is 23.8. The number of nitrogens with zero attached hydrogens (tertiary/aromatic N) is 1. The molecule has 0 atom stereocenters.